The van der Waals surface area contributed by atoms with Gasteiger partial charge in [0.1, 0.15) is 12.2 Å². The standard InChI is InChI=1S/C14H22ClN5O/c1-5-10(2)19(3)6-7-20-11(8-15)18-12-13(20)16-9-17-14(12)21-4/h9-10H,5-8H2,1-4H3. The molecule has 0 aliphatic heterocycles. The first-order chi connectivity index (χ1) is 10.1. The van der Waals surface area contributed by atoms with Crippen molar-refractivity contribution in [2.24, 2.45) is 0 Å². The van der Waals surface area contributed by atoms with Gasteiger partial charge in [0, 0.05) is 19.1 Å². The maximum absolute atomic E-state index is 6.02. The minimum absolute atomic E-state index is 0.340. The van der Waals surface area contributed by atoms with Crippen LogP contribution in [0.4, 0.5) is 0 Å². The van der Waals surface area contributed by atoms with Crippen LogP contribution in [0.5, 0.6) is 5.88 Å². The lowest BCUT2D eigenvalue weighted by atomic mass is 10.2. The van der Waals surface area contributed by atoms with Gasteiger partial charge >= 0.3 is 0 Å². The number of aromatic nitrogens is 4. The topological polar surface area (TPSA) is 56.1 Å². The molecule has 7 heteroatoms. The Kier molecular flexibility index (Phi) is 5.36. The van der Waals surface area contributed by atoms with E-state index in [-0.39, 0.29) is 0 Å². The summed E-state index contributed by atoms with van der Waals surface area (Å²) in [4.78, 5) is 15.3. The lowest BCUT2D eigenvalue weighted by Gasteiger charge is -2.23. The van der Waals surface area contributed by atoms with Crippen molar-refractivity contribution in [1.82, 2.24) is 24.4 Å². The third-order valence-corrected chi connectivity index (χ3v) is 4.15. The second kappa shape index (κ2) is 7.04. The van der Waals surface area contributed by atoms with Crippen LogP contribution in [0.25, 0.3) is 11.2 Å². The Morgan fingerprint density at radius 1 is 1.43 bits per heavy atom. The maximum atomic E-state index is 6.02. The molecule has 2 aromatic heterocycles. The van der Waals surface area contributed by atoms with E-state index in [1.54, 1.807) is 7.11 Å². The second-order valence-corrected chi connectivity index (χ2v) is 5.37. The second-order valence-electron chi connectivity index (χ2n) is 5.11. The number of nitrogens with zero attached hydrogens (tertiary/aromatic N) is 5. The Morgan fingerprint density at radius 2 is 2.19 bits per heavy atom. The molecule has 2 rings (SSSR count). The van der Waals surface area contributed by atoms with Gasteiger partial charge in [-0.2, -0.15) is 4.98 Å². The van der Waals surface area contributed by atoms with E-state index in [2.05, 4.69) is 40.7 Å². The number of ether oxygens (including phenoxy) is 1. The van der Waals surface area contributed by atoms with Gasteiger partial charge in [0.05, 0.1) is 13.0 Å². The summed E-state index contributed by atoms with van der Waals surface area (Å²) in [5.41, 5.74) is 1.44. The van der Waals surface area contributed by atoms with Crippen molar-refractivity contribution in [3.05, 3.63) is 12.2 Å². The normalized spacial score (nSPS) is 13.0. The van der Waals surface area contributed by atoms with Crippen LogP contribution in [0.1, 0.15) is 26.1 Å². The Balaban J connectivity index is 2.30. The van der Waals surface area contributed by atoms with E-state index in [1.165, 1.54) is 6.33 Å². The average Bonchev–Trinajstić information content (AvgIpc) is 2.89. The fourth-order valence-electron chi connectivity index (χ4n) is 2.24. The van der Waals surface area contributed by atoms with Crippen LogP contribution < -0.4 is 4.74 Å². The summed E-state index contributed by atoms with van der Waals surface area (Å²) in [5, 5.41) is 0. The van der Waals surface area contributed by atoms with Crippen LogP contribution in [0.3, 0.4) is 0 Å². The van der Waals surface area contributed by atoms with E-state index in [0.29, 0.717) is 23.3 Å². The highest BCUT2D eigenvalue weighted by molar-refractivity contribution is 6.16. The van der Waals surface area contributed by atoms with Gasteiger partial charge in [-0.15, -0.1) is 11.6 Å². The molecular formula is C14H22ClN5O. The van der Waals surface area contributed by atoms with Gasteiger partial charge in [0.25, 0.3) is 0 Å². The number of rotatable bonds is 7. The molecule has 2 heterocycles. The average molecular weight is 312 g/mol. The quantitative estimate of drug-likeness (QED) is 0.734. The van der Waals surface area contributed by atoms with Crippen molar-refractivity contribution >= 4 is 22.8 Å². The molecule has 0 aliphatic rings. The highest BCUT2D eigenvalue weighted by Crippen LogP contribution is 2.22. The molecule has 0 fully saturated rings. The SMILES string of the molecule is CCC(C)N(C)CCn1c(CCl)nc2c(OC)ncnc21. The van der Waals surface area contributed by atoms with Crippen LogP contribution in [0.15, 0.2) is 6.33 Å². The van der Waals surface area contributed by atoms with Crippen LogP contribution >= 0.6 is 11.6 Å². The zero-order valence-corrected chi connectivity index (χ0v) is 13.8. The molecule has 0 aromatic carbocycles. The number of fused-ring (bicyclic) bond motifs is 1. The first-order valence-corrected chi connectivity index (χ1v) is 7.66. The molecule has 21 heavy (non-hydrogen) atoms. The van der Waals surface area contributed by atoms with E-state index >= 15 is 0 Å². The van der Waals surface area contributed by atoms with Crippen molar-refractivity contribution in [2.75, 3.05) is 20.7 Å². The zero-order chi connectivity index (χ0) is 15.4. The molecule has 0 saturated carbocycles. The highest BCUT2D eigenvalue weighted by Gasteiger charge is 2.16. The first kappa shape index (κ1) is 16.0. The van der Waals surface area contributed by atoms with Crippen LogP contribution in [-0.4, -0.2) is 51.2 Å². The van der Waals surface area contributed by atoms with Gasteiger partial charge in [0.2, 0.25) is 5.88 Å². The van der Waals surface area contributed by atoms with Crippen LogP contribution in [0, 0.1) is 0 Å². The number of halogens is 1. The Hall–Kier alpha value is -1.40. The highest BCUT2D eigenvalue weighted by atomic mass is 35.5. The zero-order valence-electron chi connectivity index (χ0n) is 13.0. The molecule has 0 spiro atoms. The van der Waals surface area contributed by atoms with Gasteiger partial charge in [-0.3, -0.25) is 0 Å². The molecule has 0 N–H and O–H groups in total. The number of hydrogen-bond donors (Lipinski definition) is 0. The predicted octanol–water partition coefficient (Wildman–Crippen LogP) is 2.30. The number of imidazole rings is 1. The molecule has 1 atom stereocenters. The molecule has 0 amide bonds. The molecule has 2 aromatic rings. The van der Waals surface area contributed by atoms with E-state index < -0.39 is 0 Å². The van der Waals surface area contributed by atoms with Crippen molar-refractivity contribution in [3.8, 4) is 5.88 Å². The third-order valence-electron chi connectivity index (χ3n) is 3.91. The maximum Gasteiger partial charge on any atom is 0.245 e. The number of alkyl halides is 1. The van der Waals surface area contributed by atoms with Gasteiger partial charge < -0.3 is 14.2 Å². The molecular weight excluding hydrogens is 290 g/mol. The summed E-state index contributed by atoms with van der Waals surface area (Å²) in [6, 6.07) is 0.545. The minimum atomic E-state index is 0.340. The van der Waals surface area contributed by atoms with Crippen molar-refractivity contribution in [1.29, 1.82) is 0 Å². The first-order valence-electron chi connectivity index (χ1n) is 7.12. The molecule has 0 saturated heterocycles. The summed E-state index contributed by atoms with van der Waals surface area (Å²) < 4.78 is 7.29. The van der Waals surface area contributed by atoms with Gasteiger partial charge in [-0.1, -0.05) is 6.92 Å². The summed E-state index contributed by atoms with van der Waals surface area (Å²) in [6.07, 6.45) is 2.62. The molecule has 0 bridgehead atoms. The van der Waals surface area contributed by atoms with E-state index in [1.807, 2.05) is 4.57 Å². The predicted molar refractivity (Wildman–Crippen MR) is 83.8 cm³/mol. The van der Waals surface area contributed by atoms with Crippen LogP contribution in [-0.2, 0) is 12.4 Å². The fraction of sp³-hybridized carbons (Fsp3) is 0.643. The molecule has 0 aliphatic carbocycles. The van der Waals surface area contributed by atoms with E-state index in [9.17, 15) is 0 Å². The van der Waals surface area contributed by atoms with Gasteiger partial charge in [0.15, 0.2) is 11.2 Å². The van der Waals surface area contributed by atoms with Gasteiger partial charge in [-0.05, 0) is 20.4 Å². The Labute approximate surface area is 130 Å². The number of methoxy groups -OCH3 is 1. The van der Waals surface area contributed by atoms with E-state index in [0.717, 1.165) is 31.0 Å². The third kappa shape index (κ3) is 3.27. The Bertz CT molecular complexity index is 600. The van der Waals surface area contributed by atoms with Crippen molar-refractivity contribution < 1.29 is 4.74 Å². The lowest BCUT2D eigenvalue weighted by Crippen LogP contribution is -2.31. The minimum Gasteiger partial charge on any atom is -0.479 e. The Morgan fingerprint density at radius 3 is 2.81 bits per heavy atom. The molecule has 0 radical (unpaired) electrons. The van der Waals surface area contributed by atoms with E-state index in [4.69, 9.17) is 16.3 Å². The lowest BCUT2D eigenvalue weighted by molar-refractivity contribution is 0.242. The summed E-state index contributed by atoms with van der Waals surface area (Å²) in [5.74, 6) is 1.62. The monoisotopic (exact) mass is 311 g/mol. The fourth-order valence-corrected chi connectivity index (χ4v) is 2.44. The smallest absolute Gasteiger partial charge is 0.245 e. The van der Waals surface area contributed by atoms with Crippen molar-refractivity contribution in [3.63, 3.8) is 0 Å². The number of hydrogen-bond acceptors (Lipinski definition) is 5. The summed E-state index contributed by atoms with van der Waals surface area (Å²) in [6.45, 7) is 6.12. The van der Waals surface area contributed by atoms with Gasteiger partial charge in [-0.25, -0.2) is 9.97 Å². The summed E-state index contributed by atoms with van der Waals surface area (Å²) >= 11 is 6.02. The largest absolute Gasteiger partial charge is 0.479 e. The molecule has 1 unspecified atom stereocenters. The number of likely N-dealkylation sites (N-methyl/N-ethyl adjacent to an activating group) is 1. The molecule has 6 nitrogen and oxygen atoms in total. The summed E-state index contributed by atoms with van der Waals surface area (Å²) in [7, 11) is 3.71. The van der Waals surface area contributed by atoms with Crippen LogP contribution in [0.2, 0.25) is 0 Å². The van der Waals surface area contributed by atoms with Crippen molar-refractivity contribution in [2.45, 2.75) is 38.7 Å². The molecule has 116 valence electrons.